The van der Waals surface area contributed by atoms with Crippen molar-refractivity contribution in [2.75, 3.05) is 5.32 Å². The molecule has 4 nitrogen and oxygen atoms in total. The molecule has 38 heavy (non-hydrogen) atoms. The van der Waals surface area contributed by atoms with Crippen LogP contribution in [0.2, 0.25) is 0 Å². The molecule has 0 fully saturated rings. The lowest BCUT2D eigenvalue weighted by atomic mass is 9.85. The molecule has 202 valence electrons. The van der Waals surface area contributed by atoms with E-state index in [0.29, 0.717) is 15.4 Å². The van der Waals surface area contributed by atoms with Crippen LogP contribution in [0.25, 0.3) is 10.9 Å². The van der Waals surface area contributed by atoms with Gasteiger partial charge in [0.05, 0.1) is 5.52 Å². The lowest BCUT2D eigenvalue weighted by molar-refractivity contribution is -0.389. The third-order valence-corrected chi connectivity index (χ3v) is 6.40. The number of nitrogens with zero attached hydrogens (tertiary/aromatic N) is 2. The summed E-state index contributed by atoms with van der Waals surface area (Å²) in [5.41, 5.74) is -8.42. The second kappa shape index (κ2) is 9.76. The fraction of sp³-hybridized carbons (Fsp3) is 0.292. The number of carbonyl (C=O) groups is 1. The number of alkyl halides is 9. The van der Waals surface area contributed by atoms with Crippen LogP contribution in [0.4, 0.5) is 45.2 Å². The van der Waals surface area contributed by atoms with Crippen LogP contribution >= 0.6 is 15.9 Å². The van der Waals surface area contributed by atoms with Gasteiger partial charge >= 0.3 is 23.9 Å². The topological polar surface area (TPSA) is 65.8 Å². The van der Waals surface area contributed by atoms with Gasteiger partial charge < -0.3 is 5.32 Å². The molecule has 0 radical (unpaired) electrons. The minimum Gasteiger partial charge on any atom is -0.321 e. The number of hydrogen-bond acceptors (Lipinski definition) is 3. The molecule has 14 heteroatoms. The highest BCUT2D eigenvalue weighted by Gasteiger charge is 2.81. The van der Waals surface area contributed by atoms with E-state index in [4.69, 9.17) is 5.26 Å². The SMILES string of the molecule is CCc1cc(C(F)(C(F)(F)F)C(F)(F)C(F)(F)F)cc(C)c1NC(=O)c1ccc2nc(C#N)cc(Br)c2c1. The molecule has 3 rings (SSSR count). The molecule has 2 aromatic carbocycles. The molecular formula is C24H15BrF9N3O. The van der Waals surface area contributed by atoms with E-state index in [1.807, 2.05) is 6.07 Å². The number of benzene rings is 2. The van der Waals surface area contributed by atoms with Gasteiger partial charge in [-0.25, -0.2) is 9.37 Å². The van der Waals surface area contributed by atoms with Crippen LogP contribution < -0.4 is 5.32 Å². The van der Waals surface area contributed by atoms with Gasteiger partial charge in [-0.1, -0.05) is 13.0 Å². The smallest absolute Gasteiger partial charge is 0.321 e. The molecule has 0 aliphatic carbocycles. The van der Waals surface area contributed by atoms with Crippen LogP contribution in [-0.2, 0) is 12.1 Å². The predicted octanol–water partition coefficient (Wildman–Crippen LogP) is 7.92. The highest BCUT2D eigenvalue weighted by atomic mass is 79.9. The zero-order valence-electron chi connectivity index (χ0n) is 19.3. The molecule has 1 unspecified atom stereocenters. The summed E-state index contributed by atoms with van der Waals surface area (Å²) in [5, 5.41) is 11.9. The van der Waals surface area contributed by atoms with Crippen LogP contribution in [0, 0.1) is 18.3 Å². The molecule has 0 spiro atoms. The number of nitriles is 1. The number of carbonyl (C=O) groups excluding carboxylic acids is 1. The van der Waals surface area contributed by atoms with Gasteiger partial charge in [0.25, 0.3) is 5.91 Å². The Kier molecular flexibility index (Phi) is 7.50. The van der Waals surface area contributed by atoms with Gasteiger partial charge in [-0.05, 0) is 70.7 Å². The molecular weight excluding hydrogens is 597 g/mol. The standard InChI is InChI=1S/C24H15BrF9N3O/c1-3-12-7-14(21(26,23(29,30)31)22(27,28)24(32,33)34)6-11(2)19(12)37-20(38)13-4-5-18-16(8-13)17(25)9-15(10-35)36-18/h4-9H,3H2,1-2H3,(H,37,38). The summed E-state index contributed by atoms with van der Waals surface area (Å²) in [6.45, 7) is 2.36. The Morgan fingerprint density at radius 3 is 2.16 bits per heavy atom. The predicted molar refractivity (Wildman–Crippen MR) is 123 cm³/mol. The van der Waals surface area contributed by atoms with Crippen molar-refractivity contribution in [1.82, 2.24) is 4.98 Å². The number of fused-ring (bicyclic) bond motifs is 1. The minimum absolute atomic E-state index is 0.0222. The van der Waals surface area contributed by atoms with Gasteiger partial charge in [-0.2, -0.15) is 40.4 Å². The fourth-order valence-electron chi connectivity index (χ4n) is 3.80. The molecule has 1 aromatic heterocycles. The van der Waals surface area contributed by atoms with E-state index in [1.165, 1.54) is 31.2 Å². The molecule has 1 heterocycles. The molecule has 3 aromatic rings. The summed E-state index contributed by atoms with van der Waals surface area (Å²) in [7, 11) is 0. The third kappa shape index (κ3) is 4.79. The number of halogens is 10. The van der Waals surface area contributed by atoms with Gasteiger partial charge in [-0.15, -0.1) is 0 Å². The summed E-state index contributed by atoms with van der Waals surface area (Å²) < 4.78 is 122. The molecule has 0 aliphatic heterocycles. The van der Waals surface area contributed by atoms with Crippen molar-refractivity contribution in [1.29, 1.82) is 5.26 Å². The molecule has 1 amide bonds. The van der Waals surface area contributed by atoms with E-state index in [2.05, 4.69) is 26.2 Å². The second-order valence-corrected chi connectivity index (χ2v) is 9.05. The van der Waals surface area contributed by atoms with Gasteiger partial charge in [0.2, 0.25) is 0 Å². The van der Waals surface area contributed by atoms with Crippen LogP contribution in [-0.4, -0.2) is 29.2 Å². The van der Waals surface area contributed by atoms with Gasteiger partial charge in [0.1, 0.15) is 11.8 Å². The zero-order valence-corrected chi connectivity index (χ0v) is 20.8. The summed E-state index contributed by atoms with van der Waals surface area (Å²) >= 11 is 3.25. The van der Waals surface area contributed by atoms with E-state index in [-0.39, 0.29) is 46.6 Å². The lowest BCUT2D eigenvalue weighted by Crippen LogP contribution is -2.59. The van der Waals surface area contributed by atoms with Gasteiger partial charge in [0, 0.05) is 26.7 Å². The van der Waals surface area contributed by atoms with E-state index in [1.54, 1.807) is 0 Å². The van der Waals surface area contributed by atoms with E-state index < -0.39 is 35.4 Å². The summed E-state index contributed by atoms with van der Waals surface area (Å²) in [4.78, 5) is 17.0. The number of pyridine rings is 1. The van der Waals surface area contributed by atoms with E-state index in [0.717, 1.165) is 6.92 Å². The number of nitrogens with one attached hydrogen (secondary N) is 1. The quantitative estimate of drug-likeness (QED) is 0.298. The first-order valence-electron chi connectivity index (χ1n) is 10.5. The first-order valence-corrected chi connectivity index (χ1v) is 11.3. The van der Waals surface area contributed by atoms with Crippen LogP contribution in [0.5, 0.6) is 0 Å². The van der Waals surface area contributed by atoms with Gasteiger partial charge in [0.15, 0.2) is 0 Å². The summed E-state index contributed by atoms with van der Waals surface area (Å²) in [6, 6.07) is 7.84. The fourth-order valence-corrected chi connectivity index (χ4v) is 4.34. The number of amides is 1. The number of anilines is 1. The Labute approximate surface area is 217 Å². The summed E-state index contributed by atoms with van der Waals surface area (Å²) in [6.07, 6.45) is -13.7. The molecule has 0 saturated heterocycles. The largest absolute Gasteiger partial charge is 0.457 e. The number of aromatic nitrogens is 1. The van der Waals surface area contributed by atoms with Crippen LogP contribution in [0.1, 0.15) is 39.7 Å². The maximum Gasteiger partial charge on any atom is 0.457 e. The Balaban J connectivity index is 2.09. The Bertz CT molecular complexity index is 1460. The highest BCUT2D eigenvalue weighted by molar-refractivity contribution is 9.10. The van der Waals surface area contributed by atoms with E-state index in [9.17, 15) is 44.3 Å². The number of rotatable bonds is 5. The number of hydrogen-bond donors (Lipinski definition) is 1. The lowest BCUT2D eigenvalue weighted by Gasteiger charge is -2.36. The number of aryl methyl sites for hydroxylation is 2. The molecule has 1 atom stereocenters. The van der Waals surface area contributed by atoms with Crippen molar-refractivity contribution in [2.24, 2.45) is 0 Å². The average Bonchev–Trinajstić information content (AvgIpc) is 2.82. The Hall–Kier alpha value is -3.34. The first kappa shape index (κ1) is 29.2. The van der Waals surface area contributed by atoms with Crippen molar-refractivity contribution < 1.29 is 44.3 Å². The van der Waals surface area contributed by atoms with Crippen molar-refractivity contribution in [2.45, 2.75) is 44.2 Å². The first-order chi connectivity index (χ1) is 17.4. The molecule has 0 saturated carbocycles. The Morgan fingerprint density at radius 1 is 1.00 bits per heavy atom. The maximum absolute atomic E-state index is 15.0. The van der Waals surface area contributed by atoms with Crippen molar-refractivity contribution >= 4 is 38.4 Å². The maximum atomic E-state index is 15.0. The van der Waals surface area contributed by atoms with Crippen molar-refractivity contribution in [3.05, 3.63) is 68.8 Å². The molecule has 0 aliphatic rings. The zero-order chi connectivity index (χ0) is 28.8. The van der Waals surface area contributed by atoms with Crippen LogP contribution in [0.15, 0.2) is 40.9 Å². The summed E-state index contributed by atoms with van der Waals surface area (Å²) in [5.74, 6) is -7.62. The molecule has 1 N–H and O–H groups in total. The van der Waals surface area contributed by atoms with Crippen LogP contribution in [0.3, 0.4) is 0 Å². The minimum atomic E-state index is -6.85. The van der Waals surface area contributed by atoms with E-state index >= 15 is 0 Å². The normalized spacial score (nSPS) is 14.2. The van der Waals surface area contributed by atoms with Crippen molar-refractivity contribution in [3.63, 3.8) is 0 Å². The monoisotopic (exact) mass is 611 g/mol. The highest BCUT2D eigenvalue weighted by Crippen LogP contribution is 2.58. The second-order valence-electron chi connectivity index (χ2n) is 8.20. The molecule has 0 bridgehead atoms. The third-order valence-electron chi connectivity index (χ3n) is 5.75. The van der Waals surface area contributed by atoms with Gasteiger partial charge in [-0.3, -0.25) is 4.79 Å². The van der Waals surface area contributed by atoms with Crippen molar-refractivity contribution in [3.8, 4) is 6.07 Å². The Morgan fingerprint density at radius 2 is 1.63 bits per heavy atom. The average molecular weight is 612 g/mol.